The number of aryl methyl sites for hydroxylation is 1. The largest absolute Gasteiger partial charge is 0.465 e. The first kappa shape index (κ1) is 21.9. The minimum atomic E-state index is -0.403. The van der Waals surface area contributed by atoms with Crippen LogP contribution in [-0.2, 0) is 29.4 Å². The van der Waals surface area contributed by atoms with Gasteiger partial charge in [-0.15, -0.1) is 21.5 Å². The number of fused-ring (bicyclic) bond motifs is 1. The molecule has 0 spiro atoms. The molecule has 0 aliphatic heterocycles. The summed E-state index contributed by atoms with van der Waals surface area (Å²) in [6.07, 6.45) is 3.90. The maximum atomic E-state index is 12.6. The van der Waals surface area contributed by atoms with Gasteiger partial charge in [-0.1, -0.05) is 35.5 Å². The number of nitrogens with zero attached hydrogens (tertiary/aromatic N) is 3. The molecule has 10 heteroatoms. The summed E-state index contributed by atoms with van der Waals surface area (Å²) in [5.41, 5.74) is 2.30. The van der Waals surface area contributed by atoms with E-state index >= 15 is 0 Å². The molecular weight excluding hydrogens is 456 g/mol. The summed E-state index contributed by atoms with van der Waals surface area (Å²) in [6, 6.07) is 7.41. The molecule has 0 bridgehead atoms. The lowest BCUT2D eigenvalue weighted by molar-refractivity contribution is -0.113. The van der Waals surface area contributed by atoms with Gasteiger partial charge in [0.05, 0.1) is 23.4 Å². The Bertz CT molecular complexity index is 1140. The second kappa shape index (κ2) is 9.42. The minimum absolute atomic E-state index is 0.137. The number of carbonyl (C=O) groups excluding carboxylic acids is 2. The normalized spacial score (nSPS) is 13.0. The number of thiophene rings is 1. The fourth-order valence-electron chi connectivity index (χ4n) is 3.58. The van der Waals surface area contributed by atoms with Gasteiger partial charge in [0.25, 0.3) is 0 Å². The molecule has 4 rings (SSSR count). The van der Waals surface area contributed by atoms with Crippen molar-refractivity contribution in [2.45, 2.75) is 30.8 Å². The SMILES string of the molecule is COC(=O)c1c(NC(=O)CSc2nnc(-c3ccccc3Cl)n2C)sc2c1CCCC2. The third-order valence-corrected chi connectivity index (χ3v) is 7.65. The van der Waals surface area contributed by atoms with E-state index in [9.17, 15) is 9.59 Å². The van der Waals surface area contributed by atoms with Crippen molar-refractivity contribution in [3.05, 3.63) is 45.3 Å². The average molecular weight is 477 g/mol. The third kappa shape index (κ3) is 4.49. The zero-order chi connectivity index (χ0) is 22.0. The second-order valence-electron chi connectivity index (χ2n) is 7.09. The fraction of sp³-hybridized carbons (Fsp3) is 0.333. The highest BCUT2D eigenvalue weighted by atomic mass is 35.5. The van der Waals surface area contributed by atoms with Crippen molar-refractivity contribution in [2.75, 3.05) is 18.2 Å². The Hall–Kier alpha value is -2.36. The summed E-state index contributed by atoms with van der Waals surface area (Å²) in [5.74, 6) is 0.154. The van der Waals surface area contributed by atoms with Crippen LogP contribution in [0.3, 0.4) is 0 Å². The number of anilines is 1. The molecular formula is C21H21ClN4O3S2. The van der Waals surface area contributed by atoms with E-state index in [0.29, 0.717) is 26.6 Å². The van der Waals surface area contributed by atoms with Gasteiger partial charge in [0.2, 0.25) is 5.91 Å². The number of aromatic nitrogens is 3. The number of hydrogen-bond acceptors (Lipinski definition) is 7. The molecule has 0 saturated heterocycles. The third-order valence-electron chi connectivity index (χ3n) is 5.10. The Labute approximate surface area is 193 Å². The summed E-state index contributed by atoms with van der Waals surface area (Å²) < 4.78 is 6.77. The maximum Gasteiger partial charge on any atom is 0.341 e. The Kier molecular flexibility index (Phi) is 6.64. The summed E-state index contributed by atoms with van der Waals surface area (Å²) >= 11 is 9.01. The predicted molar refractivity (Wildman–Crippen MR) is 123 cm³/mol. The van der Waals surface area contributed by atoms with Crippen LogP contribution in [0.5, 0.6) is 0 Å². The predicted octanol–water partition coefficient (Wildman–Crippen LogP) is 4.59. The number of esters is 1. The first-order chi connectivity index (χ1) is 15.0. The number of methoxy groups -OCH3 is 1. The topological polar surface area (TPSA) is 86.1 Å². The molecule has 3 aromatic rings. The highest BCUT2D eigenvalue weighted by Crippen LogP contribution is 2.38. The van der Waals surface area contributed by atoms with Crippen molar-refractivity contribution < 1.29 is 14.3 Å². The van der Waals surface area contributed by atoms with Gasteiger partial charge in [0, 0.05) is 17.5 Å². The maximum absolute atomic E-state index is 12.6. The molecule has 162 valence electrons. The van der Waals surface area contributed by atoms with Crippen LogP contribution in [0.2, 0.25) is 5.02 Å². The van der Waals surface area contributed by atoms with Gasteiger partial charge in [-0.25, -0.2) is 4.79 Å². The van der Waals surface area contributed by atoms with Gasteiger partial charge < -0.3 is 14.6 Å². The lowest BCUT2D eigenvalue weighted by Crippen LogP contribution is -2.17. The Morgan fingerprint density at radius 1 is 1.26 bits per heavy atom. The number of thioether (sulfide) groups is 1. The second-order valence-corrected chi connectivity index (χ2v) is 9.54. The summed E-state index contributed by atoms with van der Waals surface area (Å²) in [5, 5.41) is 13.1. The molecule has 1 amide bonds. The zero-order valence-electron chi connectivity index (χ0n) is 17.1. The van der Waals surface area contributed by atoms with Crippen LogP contribution < -0.4 is 5.32 Å². The number of amides is 1. The van der Waals surface area contributed by atoms with Crippen molar-refractivity contribution in [1.29, 1.82) is 0 Å². The molecule has 0 fully saturated rings. The Morgan fingerprint density at radius 3 is 2.81 bits per heavy atom. The van der Waals surface area contributed by atoms with E-state index in [0.717, 1.165) is 41.7 Å². The fourth-order valence-corrected chi connectivity index (χ4v) is 5.81. The van der Waals surface area contributed by atoms with Crippen molar-refractivity contribution in [3.63, 3.8) is 0 Å². The molecule has 1 aliphatic rings. The molecule has 1 N–H and O–H groups in total. The number of carbonyl (C=O) groups is 2. The number of nitrogens with one attached hydrogen (secondary N) is 1. The van der Waals surface area contributed by atoms with Crippen LogP contribution in [-0.4, -0.2) is 39.5 Å². The number of ether oxygens (including phenoxy) is 1. The molecule has 0 radical (unpaired) electrons. The van der Waals surface area contributed by atoms with Crippen LogP contribution in [0.25, 0.3) is 11.4 Å². The molecule has 0 atom stereocenters. The summed E-state index contributed by atoms with van der Waals surface area (Å²) in [4.78, 5) is 26.1. The van der Waals surface area contributed by atoms with Crippen molar-refractivity contribution in [2.24, 2.45) is 7.05 Å². The monoisotopic (exact) mass is 476 g/mol. The standard InChI is InChI=1S/C21H21ClN4O3S2/c1-26-18(12-7-3-5-9-14(12)22)24-25-21(26)30-11-16(27)23-19-17(20(28)29-2)13-8-4-6-10-15(13)31-19/h3,5,7,9H,4,6,8,10-11H2,1-2H3,(H,23,27). The van der Waals surface area contributed by atoms with Gasteiger partial charge in [0.1, 0.15) is 5.00 Å². The van der Waals surface area contributed by atoms with Gasteiger partial charge in [-0.2, -0.15) is 0 Å². The molecule has 2 heterocycles. The van der Waals surface area contributed by atoms with E-state index in [4.69, 9.17) is 16.3 Å². The number of hydrogen-bond donors (Lipinski definition) is 1. The van der Waals surface area contributed by atoms with E-state index in [1.807, 2.05) is 29.8 Å². The van der Waals surface area contributed by atoms with Crippen LogP contribution in [0.1, 0.15) is 33.6 Å². The first-order valence-corrected chi connectivity index (χ1v) is 12.0. The van der Waals surface area contributed by atoms with Gasteiger partial charge >= 0.3 is 5.97 Å². The van der Waals surface area contributed by atoms with Gasteiger partial charge in [0.15, 0.2) is 11.0 Å². The van der Waals surface area contributed by atoms with Gasteiger partial charge in [-0.05, 0) is 43.4 Å². The van der Waals surface area contributed by atoms with Crippen LogP contribution in [0.4, 0.5) is 5.00 Å². The molecule has 0 saturated carbocycles. The lowest BCUT2D eigenvalue weighted by atomic mass is 9.95. The average Bonchev–Trinajstić information content (AvgIpc) is 3.32. The molecule has 0 unspecified atom stereocenters. The first-order valence-electron chi connectivity index (χ1n) is 9.79. The van der Waals surface area contributed by atoms with E-state index in [1.54, 1.807) is 6.07 Å². The van der Waals surface area contributed by atoms with Gasteiger partial charge in [-0.3, -0.25) is 4.79 Å². The molecule has 31 heavy (non-hydrogen) atoms. The highest BCUT2D eigenvalue weighted by molar-refractivity contribution is 7.99. The van der Waals surface area contributed by atoms with E-state index in [2.05, 4.69) is 15.5 Å². The van der Waals surface area contributed by atoms with Crippen molar-refractivity contribution in [1.82, 2.24) is 14.8 Å². The lowest BCUT2D eigenvalue weighted by Gasteiger charge is -2.11. The number of rotatable bonds is 6. The number of halogens is 1. The van der Waals surface area contributed by atoms with Crippen LogP contribution in [0.15, 0.2) is 29.4 Å². The molecule has 2 aromatic heterocycles. The minimum Gasteiger partial charge on any atom is -0.465 e. The molecule has 7 nitrogen and oxygen atoms in total. The van der Waals surface area contributed by atoms with E-state index < -0.39 is 5.97 Å². The number of benzene rings is 1. The highest BCUT2D eigenvalue weighted by Gasteiger charge is 2.27. The quantitative estimate of drug-likeness (QED) is 0.413. The summed E-state index contributed by atoms with van der Waals surface area (Å²) in [7, 11) is 3.20. The van der Waals surface area contributed by atoms with Crippen molar-refractivity contribution in [3.8, 4) is 11.4 Å². The Balaban J connectivity index is 1.47. The molecule has 1 aromatic carbocycles. The molecule has 1 aliphatic carbocycles. The van der Waals surface area contributed by atoms with Crippen molar-refractivity contribution >= 4 is 51.6 Å². The summed E-state index contributed by atoms with van der Waals surface area (Å²) in [6.45, 7) is 0. The zero-order valence-corrected chi connectivity index (χ0v) is 19.5. The van der Waals surface area contributed by atoms with Crippen LogP contribution >= 0.6 is 34.7 Å². The van der Waals surface area contributed by atoms with E-state index in [1.165, 1.54) is 30.2 Å². The van der Waals surface area contributed by atoms with Crippen LogP contribution in [0, 0.1) is 0 Å². The Morgan fingerprint density at radius 2 is 2.03 bits per heavy atom. The smallest absolute Gasteiger partial charge is 0.341 e. The van der Waals surface area contributed by atoms with E-state index in [-0.39, 0.29) is 11.7 Å².